The Balaban J connectivity index is 2.05. The number of hydrogen-bond donors (Lipinski definition) is 2. The number of ether oxygens (including phenoxy) is 1. The number of aromatic amines is 1. The van der Waals surface area contributed by atoms with E-state index in [2.05, 4.69) is 20.5 Å². The van der Waals surface area contributed by atoms with E-state index < -0.39 is 16.4 Å². The fourth-order valence-corrected chi connectivity index (χ4v) is 2.26. The van der Waals surface area contributed by atoms with E-state index in [4.69, 9.17) is 4.74 Å². The second-order valence-corrected chi connectivity index (χ2v) is 5.49. The Morgan fingerprint density at radius 2 is 2.21 bits per heavy atom. The van der Waals surface area contributed by atoms with Crippen molar-refractivity contribution in [1.29, 1.82) is 0 Å². The molecule has 0 unspecified atom stereocenters. The minimum atomic E-state index is -0.617. The largest absolute Gasteiger partial charge is 0.496 e. The zero-order valence-corrected chi connectivity index (χ0v) is 13.5. The number of rotatable bonds is 6. The molecule has 2 N–H and O–H groups in total. The molecule has 126 valence electrons. The van der Waals surface area contributed by atoms with Gasteiger partial charge >= 0.3 is 0 Å². The van der Waals surface area contributed by atoms with Crippen LogP contribution >= 0.6 is 11.8 Å². The number of benzene rings is 1. The number of carbonyl (C=O) groups excluding carboxylic acids is 1. The highest BCUT2D eigenvalue weighted by Crippen LogP contribution is 2.29. The Kier molecular flexibility index (Phi) is 5.47. The zero-order chi connectivity index (χ0) is 17.7. The molecular weight excluding hydrogens is 338 g/mol. The van der Waals surface area contributed by atoms with Crippen molar-refractivity contribution in [1.82, 2.24) is 15.2 Å². The van der Waals surface area contributed by atoms with Crippen molar-refractivity contribution in [2.45, 2.75) is 12.1 Å². The average Bonchev–Trinajstić information content (AvgIpc) is 2.56. The van der Waals surface area contributed by atoms with E-state index in [9.17, 15) is 19.7 Å². The topological polar surface area (TPSA) is 140 Å². The maximum Gasteiger partial charge on any atom is 0.296 e. The van der Waals surface area contributed by atoms with Crippen LogP contribution in [-0.2, 0) is 4.79 Å². The summed E-state index contributed by atoms with van der Waals surface area (Å²) in [6, 6.07) is 4.09. The van der Waals surface area contributed by atoms with Gasteiger partial charge in [-0.05, 0) is 19.1 Å². The van der Waals surface area contributed by atoms with Crippen LogP contribution < -0.4 is 15.6 Å². The number of nitro benzene ring substituents is 1. The van der Waals surface area contributed by atoms with Gasteiger partial charge in [0.05, 0.1) is 23.9 Å². The molecule has 0 spiro atoms. The fourth-order valence-electron chi connectivity index (χ4n) is 1.66. The van der Waals surface area contributed by atoms with Gasteiger partial charge in [-0.2, -0.15) is 0 Å². The number of nitro groups is 1. The summed E-state index contributed by atoms with van der Waals surface area (Å²) in [5, 5.41) is 21.1. The number of nitrogens with one attached hydrogen (secondary N) is 2. The first-order chi connectivity index (χ1) is 11.4. The molecular formula is C13H13N5O5S. The van der Waals surface area contributed by atoms with E-state index >= 15 is 0 Å². The normalized spacial score (nSPS) is 10.2. The fraction of sp³-hybridized carbons (Fsp3) is 0.231. The third-order valence-corrected chi connectivity index (χ3v) is 3.72. The minimum absolute atomic E-state index is 0.0508. The molecule has 0 radical (unpaired) electrons. The predicted octanol–water partition coefficient (Wildman–Crippen LogP) is 1.12. The molecule has 0 aliphatic carbocycles. The lowest BCUT2D eigenvalue weighted by molar-refractivity contribution is -0.384. The van der Waals surface area contributed by atoms with E-state index in [1.165, 1.54) is 32.2 Å². The molecule has 0 atom stereocenters. The Bertz CT molecular complexity index is 838. The van der Waals surface area contributed by atoms with Gasteiger partial charge in [-0.25, -0.2) is 0 Å². The van der Waals surface area contributed by atoms with E-state index in [1.54, 1.807) is 0 Å². The van der Waals surface area contributed by atoms with Crippen molar-refractivity contribution < 1.29 is 14.5 Å². The lowest BCUT2D eigenvalue weighted by Gasteiger charge is -2.07. The first-order valence-corrected chi connectivity index (χ1v) is 7.58. The SMILES string of the molecule is COc1ccc(NC(=O)CSc2nnc(C)c(=O)[nH]2)c([N+](=O)[O-])c1. The van der Waals surface area contributed by atoms with Crippen LogP contribution in [0.15, 0.2) is 28.2 Å². The Hall–Kier alpha value is -2.95. The highest BCUT2D eigenvalue weighted by Gasteiger charge is 2.17. The minimum Gasteiger partial charge on any atom is -0.496 e. The molecule has 0 saturated carbocycles. The van der Waals surface area contributed by atoms with Gasteiger partial charge in [0.2, 0.25) is 5.91 Å². The number of carbonyl (C=O) groups is 1. The molecule has 10 nitrogen and oxygen atoms in total. The monoisotopic (exact) mass is 351 g/mol. The molecule has 1 aromatic carbocycles. The summed E-state index contributed by atoms with van der Waals surface area (Å²) in [5.74, 6) is -0.283. The number of aryl methyl sites for hydroxylation is 1. The summed E-state index contributed by atoms with van der Waals surface area (Å²) in [6.45, 7) is 1.51. The predicted molar refractivity (Wildman–Crippen MR) is 86.4 cm³/mol. The van der Waals surface area contributed by atoms with Gasteiger partial charge in [0, 0.05) is 0 Å². The molecule has 0 aliphatic rings. The Morgan fingerprint density at radius 3 is 2.83 bits per heavy atom. The van der Waals surface area contributed by atoms with Crippen LogP contribution in [0.2, 0.25) is 0 Å². The molecule has 24 heavy (non-hydrogen) atoms. The van der Waals surface area contributed by atoms with Crippen molar-refractivity contribution in [2.24, 2.45) is 0 Å². The van der Waals surface area contributed by atoms with Crippen molar-refractivity contribution in [3.05, 3.63) is 44.4 Å². The van der Waals surface area contributed by atoms with Crippen molar-refractivity contribution >= 4 is 29.0 Å². The van der Waals surface area contributed by atoms with Crippen LogP contribution in [-0.4, -0.2) is 38.9 Å². The van der Waals surface area contributed by atoms with Crippen LogP contribution in [0.25, 0.3) is 0 Å². The quantitative estimate of drug-likeness (QED) is 0.448. The number of hydrogen-bond acceptors (Lipinski definition) is 8. The lowest BCUT2D eigenvalue weighted by atomic mass is 10.2. The lowest BCUT2D eigenvalue weighted by Crippen LogP contribution is -2.17. The number of thioether (sulfide) groups is 1. The maximum atomic E-state index is 11.9. The van der Waals surface area contributed by atoms with Crippen molar-refractivity contribution in [3.8, 4) is 5.75 Å². The van der Waals surface area contributed by atoms with E-state index in [0.29, 0.717) is 5.75 Å². The zero-order valence-electron chi connectivity index (χ0n) is 12.7. The van der Waals surface area contributed by atoms with Crippen LogP contribution in [0.1, 0.15) is 5.69 Å². The van der Waals surface area contributed by atoms with Gasteiger partial charge in [0.1, 0.15) is 17.1 Å². The van der Waals surface area contributed by atoms with E-state index in [-0.39, 0.29) is 28.0 Å². The van der Waals surface area contributed by atoms with Gasteiger partial charge in [0.15, 0.2) is 5.16 Å². The number of nitrogens with zero attached hydrogens (tertiary/aromatic N) is 3. The summed E-state index contributed by atoms with van der Waals surface area (Å²) in [5.41, 5.74) is -0.400. The molecule has 0 bridgehead atoms. The highest BCUT2D eigenvalue weighted by atomic mass is 32.2. The van der Waals surface area contributed by atoms with Crippen LogP contribution in [0, 0.1) is 17.0 Å². The van der Waals surface area contributed by atoms with Crippen LogP contribution in [0.3, 0.4) is 0 Å². The Labute approximate surface area is 139 Å². The summed E-state index contributed by atoms with van der Waals surface area (Å²) in [6.07, 6.45) is 0. The highest BCUT2D eigenvalue weighted by molar-refractivity contribution is 7.99. The molecule has 11 heteroatoms. The van der Waals surface area contributed by atoms with Gasteiger partial charge in [-0.15, -0.1) is 10.2 Å². The van der Waals surface area contributed by atoms with Crippen LogP contribution in [0.5, 0.6) is 5.75 Å². The summed E-state index contributed by atoms with van der Waals surface area (Å²) < 4.78 is 4.92. The molecule has 0 aliphatic heterocycles. The van der Waals surface area contributed by atoms with E-state index in [0.717, 1.165) is 11.8 Å². The first-order valence-electron chi connectivity index (χ1n) is 6.59. The van der Waals surface area contributed by atoms with Gasteiger partial charge in [-0.1, -0.05) is 11.8 Å². The molecule has 0 fully saturated rings. The van der Waals surface area contributed by atoms with Gasteiger partial charge in [-0.3, -0.25) is 24.7 Å². The smallest absolute Gasteiger partial charge is 0.296 e. The van der Waals surface area contributed by atoms with Crippen molar-refractivity contribution in [3.63, 3.8) is 0 Å². The number of aromatic nitrogens is 3. The Morgan fingerprint density at radius 1 is 1.46 bits per heavy atom. The third-order valence-electron chi connectivity index (χ3n) is 2.86. The molecule has 2 rings (SSSR count). The molecule has 1 amide bonds. The standard InChI is InChI=1S/C13H13N5O5S/c1-7-12(20)15-13(17-16-7)24-6-11(19)14-9-4-3-8(23-2)5-10(9)18(21)22/h3-5H,6H2,1-2H3,(H,14,19)(H,15,17,20). The van der Waals surface area contributed by atoms with Crippen molar-refractivity contribution in [2.75, 3.05) is 18.2 Å². The second-order valence-electron chi connectivity index (χ2n) is 4.52. The third kappa shape index (κ3) is 4.29. The second kappa shape index (κ2) is 7.55. The number of amides is 1. The molecule has 1 aromatic heterocycles. The molecule has 1 heterocycles. The molecule has 2 aromatic rings. The van der Waals surface area contributed by atoms with E-state index in [1.807, 2.05) is 0 Å². The van der Waals surface area contributed by atoms with Gasteiger partial charge in [0.25, 0.3) is 11.2 Å². The number of methoxy groups -OCH3 is 1. The summed E-state index contributed by atoms with van der Waals surface area (Å²) >= 11 is 0.957. The van der Waals surface area contributed by atoms with Crippen LogP contribution in [0.4, 0.5) is 11.4 Å². The summed E-state index contributed by atoms with van der Waals surface area (Å²) in [7, 11) is 1.39. The first kappa shape index (κ1) is 17.4. The maximum absolute atomic E-state index is 11.9. The summed E-state index contributed by atoms with van der Waals surface area (Å²) in [4.78, 5) is 36.2. The molecule has 0 saturated heterocycles. The average molecular weight is 351 g/mol. The number of anilines is 1. The number of H-pyrrole nitrogens is 1. The van der Waals surface area contributed by atoms with Gasteiger partial charge < -0.3 is 10.1 Å².